The SMILES string of the molecule is O=C(c1ccncc1)N(CCO)C1CCCCC1. The molecule has 0 atom stereocenters. The van der Waals surface area contributed by atoms with Gasteiger partial charge in [0.25, 0.3) is 5.91 Å². The summed E-state index contributed by atoms with van der Waals surface area (Å²) in [6.45, 7) is 0.444. The predicted octanol–water partition coefficient (Wildman–Crippen LogP) is 1.85. The molecular formula is C14H20N2O2. The standard InChI is InChI=1S/C14H20N2O2/c17-11-10-16(13-4-2-1-3-5-13)14(18)12-6-8-15-9-7-12/h6-9,13,17H,1-5,10-11H2. The zero-order valence-corrected chi connectivity index (χ0v) is 10.6. The molecule has 1 aliphatic carbocycles. The number of amides is 1. The molecule has 0 aliphatic heterocycles. The van der Waals surface area contributed by atoms with Gasteiger partial charge in [-0.3, -0.25) is 9.78 Å². The lowest BCUT2D eigenvalue weighted by atomic mass is 9.93. The second kappa shape index (κ2) is 6.50. The van der Waals surface area contributed by atoms with E-state index in [1.165, 1.54) is 19.3 Å². The first-order chi connectivity index (χ1) is 8.83. The quantitative estimate of drug-likeness (QED) is 0.884. The van der Waals surface area contributed by atoms with E-state index in [-0.39, 0.29) is 18.6 Å². The Kier molecular flexibility index (Phi) is 4.70. The number of nitrogens with zero attached hydrogens (tertiary/aromatic N) is 2. The van der Waals surface area contributed by atoms with Gasteiger partial charge in [-0.25, -0.2) is 0 Å². The molecular weight excluding hydrogens is 228 g/mol. The maximum Gasteiger partial charge on any atom is 0.254 e. The third-order valence-corrected chi connectivity index (χ3v) is 3.54. The molecule has 1 fully saturated rings. The number of hydrogen-bond donors (Lipinski definition) is 1. The van der Waals surface area contributed by atoms with Crippen molar-refractivity contribution >= 4 is 5.91 Å². The number of carbonyl (C=O) groups is 1. The van der Waals surface area contributed by atoms with E-state index in [2.05, 4.69) is 4.98 Å². The summed E-state index contributed by atoms with van der Waals surface area (Å²) in [6, 6.07) is 3.75. The third kappa shape index (κ3) is 3.07. The number of hydrogen-bond acceptors (Lipinski definition) is 3. The molecule has 0 bridgehead atoms. The molecule has 0 unspecified atom stereocenters. The van der Waals surface area contributed by atoms with Gasteiger partial charge in [0.05, 0.1) is 6.61 Å². The van der Waals surface area contributed by atoms with Crippen molar-refractivity contribution in [2.45, 2.75) is 38.1 Å². The second-order valence-electron chi connectivity index (χ2n) is 4.75. The average molecular weight is 248 g/mol. The van der Waals surface area contributed by atoms with Crippen LogP contribution in [0.4, 0.5) is 0 Å². The highest BCUT2D eigenvalue weighted by molar-refractivity contribution is 5.94. The van der Waals surface area contributed by atoms with Gasteiger partial charge in [0, 0.05) is 30.5 Å². The summed E-state index contributed by atoms with van der Waals surface area (Å²) >= 11 is 0. The lowest BCUT2D eigenvalue weighted by Crippen LogP contribution is -2.43. The van der Waals surface area contributed by atoms with Crippen LogP contribution in [0.15, 0.2) is 24.5 Å². The minimum absolute atomic E-state index is 0.0124. The number of carbonyl (C=O) groups excluding carboxylic acids is 1. The summed E-state index contributed by atoms with van der Waals surface area (Å²) in [4.78, 5) is 18.2. The van der Waals surface area contributed by atoms with Crippen molar-refractivity contribution in [3.8, 4) is 0 Å². The van der Waals surface area contributed by atoms with Crippen LogP contribution < -0.4 is 0 Å². The fourth-order valence-corrected chi connectivity index (χ4v) is 2.61. The number of aliphatic hydroxyl groups is 1. The Hall–Kier alpha value is -1.42. The Balaban J connectivity index is 2.11. The summed E-state index contributed by atoms with van der Waals surface area (Å²) in [7, 11) is 0. The van der Waals surface area contributed by atoms with E-state index in [4.69, 9.17) is 5.11 Å². The van der Waals surface area contributed by atoms with Crippen molar-refractivity contribution in [2.75, 3.05) is 13.2 Å². The van der Waals surface area contributed by atoms with Gasteiger partial charge in [0.2, 0.25) is 0 Å². The lowest BCUT2D eigenvalue weighted by molar-refractivity contribution is 0.0585. The van der Waals surface area contributed by atoms with Crippen molar-refractivity contribution in [3.63, 3.8) is 0 Å². The summed E-state index contributed by atoms with van der Waals surface area (Å²) < 4.78 is 0. The van der Waals surface area contributed by atoms with Crippen LogP contribution in [0.25, 0.3) is 0 Å². The van der Waals surface area contributed by atoms with Crippen molar-refractivity contribution in [1.82, 2.24) is 9.88 Å². The van der Waals surface area contributed by atoms with Crippen LogP contribution in [0, 0.1) is 0 Å². The smallest absolute Gasteiger partial charge is 0.254 e. The summed E-state index contributed by atoms with van der Waals surface area (Å²) in [5.74, 6) is 0.0124. The minimum atomic E-state index is 0.0124. The van der Waals surface area contributed by atoms with E-state index in [1.807, 2.05) is 4.90 Å². The Morgan fingerprint density at radius 1 is 1.28 bits per heavy atom. The maximum atomic E-state index is 12.4. The number of pyridine rings is 1. The van der Waals surface area contributed by atoms with Gasteiger partial charge in [-0.05, 0) is 25.0 Å². The van der Waals surface area contributed by atoms with Crippen LogP contribution >= 0.6 is 0 Å². The molecule has 1 aromatic rings. The third-order valence-electron chi connectivity index (χ3n) is 3.54. The topological polar surface area (TPSA) is 53.4 Å². The molecule has 4 heteroatoms. The molecule has 1 heterocycles. The second-order valence-corrected chi connectivity index (χ2v) is 4.75. The van der Waals surface area contributed by atoms with E-state index in [0.717, 1.165) is 12.8 Å². The van der Waals surface area contributed by atoms with E-state index in [9.17, 15) is 4.79 Å². The largest absolute Gasteiger partial charge is 0.395 e. The number of aromatic nitrogens is 1. The molecule has 98 valence electrons. The first-order valence-electron chi connectivity index (χ1n) is 6.65. The molecule has 0 saturated heterocycles. The first kappa shape index (κ1) is 13.0. The average Bonchev–Trinajstić information content (AvgIpc) is 2.46. The fourth-order valence-electron chi connectivity index (χ4n) is 2.61. The molecule has 0 spiro atoms. The van der Waals surface area contributed by atoms with E-state index in [1.54, 1.807) is 24.5 Å². The van der Waals surface area contributed by atoms with Crippen LogP contribution in [0.5, 0.6) is 0 Å². The fraction of sp³-hybridized carbons (Fsp3) is 0.571. The molecule has 18 heavy (non-hydrogen) atoms. The Morgan fingerprint density at radius 3 is 2.56 bits per heavy atom. The van der Waals surface area contributed by atoms with Crippen LogP contribution in [0.3, 0.4) is 0 Å². The van der Waals surface area contributed by atoms with E-state index in [0.29, 0.717) is 12.1 Å². The van der Waals surface area contributed by atoms with Gasteiger partial charge in [0.1, 0.15) is 0 Å². The first-order valence-corrected chi connectivity index (χ1v) is 6.65. The van der Waals surface area contributed by atoms with Crippen LogP contribution in [-0.2, 0) is 0 Å². The normalized spacial score (nSPS) is 16.5. The van der Waals surface area contributed by atoms with Crippen molar-refractivity contribution in [1.29, 1.82) is 0 Å². The van der Waals surface area contributed by atoms with Crippen LogP contribution in [0.2, 0.25) is 0 Å². The molecule has 1 amide bonds. The van der Waals surface area contributed by atoms with E-state index < -0.39 is 0 Å². The Bertz CT molecular complexity index is 375. The van der Waals surface area contributed by atoms with Crippen molar-refractivity contribution in [2.24, 2.45) is 0 Å². The zero-order chi connectivity index (χ0) is 12.8. The molecule has 0 aromatic carbocycles. The lowest BCUT2D eigenvalue weighted by Gasteiger charge is -2.34. The van der Waals surface area contributed by atoms with Gasteiger partial charge in [0.15, 0.2) is 0 Å². The van der Waals surface area contributed by atoms with E-state index >= 15 is 0 Å². The zero-order valence-electron chi connectivity index (χ0n) is 10.6. The highest BCUT2D eigenvalue weighted by atomic mass is 16.3. The van der Waals surface area contributed by atoms with Crippen LogP contribution in [-0.4, -0.2) is 40.1 Å². The van der Waals surface area contributed by atoms with Gasteiger partial charge >= 0.3 is 0 Å². The minimum Gasteiger partial charge on any atom is -0.395 e. The number of rotatable bonds is 4. The number of aliphatic hydroxyl groups excluding tert-OH is 1. The maximum absolute atomic E-state index is 12.4. The highest BCUT2D eigenvalue weighted by Crippen LogP contribution is 2.23. The molecule has 0 radical (unpaired) electrons. The van der Waals surface area contributed by atoms with Gasteiger partial charge < -0.3 is 10.0 Å². The summed E-state index contributed by atoms with van der Waals surface area (Å²) in [6.07, 6.45) is 8.98. The molecule has 1 aromatic heterocycles. The van der Waals surface area contributed by atoms with Crippen molar-refractivity contribution < 1.29 is 9.90 Å². The highest BCUT2D eigenvalue weighted by Gasteiger charge is 2.25. The van der Waals surface area contributed by atoms with Gasteiger partial charge in [-0.15, -0.1) is 0 Å². The monoisotopic (exact) mass is 248 g/mol. The molecule has 1 N–H and O–H groups in total. The molecule has 4 nitrogen and oxygen atoms in total. The summed E-state index contributed by atoms with van der Waals surface area (Å²) in [5.41, 5.74) is 0.657. The Morgan fingerprint density at radius 2 is 1.94 bits per heavy atom. The van der Waals surface area contributed by atoms with Crippen molar-refractivity contribution in [3.05, 3.63) is 30.1 Å². The Labute approximate surface area is 108 Å². The van der Waals surface area contributed by atoms with Gasteiger partial charge in [-0.2, -0.15) is 0 Å². The molecule has 2 rings (SSSR count). The van der Waals surface area contributed by atoms with Crippen LogP contribution in [0.1, 0.15) is 42.5 Å². The molecule has 1 saturated carbocycles. The summed E-state index contributed by atoms with van der Waals surface area (Å²) in [5, 5.41) is 9.16. The molecule has 1 aliphatic rings. The predicted molar refractivity (Wildman–Crippen MR) is 69.2 cm³/mol. The van der Waals surface area contributed by atoms with Gasteiger partial charge in [-0.1, -0.05) is 19.3 Å².